The minimum atomic E-state index is -0.362. The normalized spacial score (nSPS) is 11.9. The summed E-state index contributed by atoms with van der Waals surface area (Å²) < 4.78 is 0. The van der Waals surface area contributed by atoms with Crippen molar-refractivity contribution < 1.29 is 15.0 Å². The molecule has 0 spiro atoms. The van der Waals surface area contributed by atoms with Crippen LogP contribution in [0.15, 0.2) is 42.5 Å². The zero-order valence-electron chi connectivity index (χ0n) is 11.7. The monoisotopic (exact) mass is 286 g/mol. The molecule has 0 aliphatic heterocycles. The van der Waals surface area contributed by atoms with Crippen LogP contribution in [0.5, 0.6) is 11.5 Å². The Morgan fingerprint density at radius 3 is 2.24 bits per heavy atom. The van der Waals surface area contributed by atoms with Gasteiger partial charge in [-0.15, -0.1) is 0 Å². The molecule has 5 N–H and O–H groups in total. The number of hydrogen-bond donors (Lipinski definition) is 4. The van der Waals surface area contributed by atoms with Gasteiger partial charge in [0.25, 0.3) is 0 Å². The number of amides is 1. The molecule has 5 heteroatoms. The van der Waals surface area contributed by atoms with Crippen LogP contribution in [0.4, 0.5) is 5.69 Å². The average molecular weight is 286 g/mol. The Kier molecular flexibility index (Phi) is 4.33. The van der Waals surface area contributed by atoms with Gasteiger partial charge in [0.2, 0.25) is 5.91 Å². The summed E-state index contributed by atoms with van der Waals surface area (Å²) in [6, 6.07) is 11.8. The molecule has 0 aliphatic carbocycles. The first-order valence-electron chi connectivity index (χ1n) is 6.61. The maximum Gasteiger partial charge on any atom is 0.221 e. The van der Waals surface area contributed by atoms with Crippen molar-refractivity contribution in [1.82, 2.24) is 0 Å². The molecular weight excluding hydrogens is 268 g/mol. The number of anilines is 1. The van der Waals surface area contributed by atoms with Crippen molar-refractivity contribution in [2.24, 2.45) is 5.73 Å². The Hall–Kier alpha value is -2.69. The van der Waals surface area contributed by atoms with Crippen molar-refractivity contribution in [2.45, 2.75) is 19.4 Å². The van der Waals surface area contributed by atoms with Crippen molar-refractivity contribution in [3.8, 4) is 11.5 Å². The van der Waals surface area contributed by atoms with Crippen LogP contribution in [0.3, 0.4) is 0 Å². The van der Waals surface area contributed by atoms with Crippen molar-refractivity contribution in [3.63, 3.8) is 0 Å². The highest BCUT2D eigenvalue weighted by molar-refractivity contribution is 5.76. The molecule has 0 radical (unpaired) electrons. The van der Waals surface area contributed by atoms with Crippen LogP contribution in [0.2, 0.25) is 0 Å². The number of carbonyl (C=O) groups excluding carboxylic acids is 1. The first-order valence-corrected chi connectivity index (χ1v) is 6.61. The predicted molar refractivity (Wildman–Crippen MR) is 81.1 cm³/mol. The van der Waals surface area contributed by atoms with E-state index in [1.807, 2.05) is 31.2 Å². The van der Waals surface area contributed by atoms with E-state index in [1.165, 1.54) is 6.07 Å². The van der Waals surface area contributed by atoms with Gasteiger partial charge in [-0.1, -0.05) is 12.1 Å². The third-order valence-corrected chi connectivity index (χ3v) is 3.14. The zero-order valence-corrected chi connectivity index (χ0v) is 11.7. The number of phenolic OH excluding ortho intramolecular Hbond substituents is 2. The molecule has 5 nitrogen and oxygen atoms in total. The van der Waals surface area contributed by atoms with Gasteiger partial charge in [-0.2, -0.15) is 0 Å². The molecule has 0 heterocycles. The Balaban J connectivity index is 2.08. The topological polar surface area (TPSA) is 95.6 Å². The zero-order chi connectivity index (χ0) is 15.4. The van der Waals surface area contributed by atoms with E-state index in [0.29, 0.717) is 0 Å². The van der Waals surface area contributed by atoms with Crippen LogP contribution < -0.4 is 11.1 Å². The van der Waals surface area contributed by atoms with Gasteiger partial charge < -0.3 is 21.3 Å². The summed E-state index contributed by atoms with van der Waals surface area (Å²) in [7, 11) is 0. The van der Waals surface area contributed by atoms with E-state index in [2.05, 4.69) is 5.32 Å². The number of benzene rings is 2. The molecule has 0 bridgehead atoms. The van der Waals surface area contributed by atoms with E-state index in [1.54, 1.807) is 12.1 Å². The molecule has 0 aromatic heterocycles. The summed E-state index contributed by atoms with van der Waals surface area (Å²) in [6.07, 6.45) is 0.219. The lowest BCUT2D eigenvalue weighted by molar-refractivity contribution is -0.117. The van der Waals surface area contributed by atoms with E-state index >= 15 is 0 Å². The minimum Gasteiger partial charge on any atom is -0.508 e. The van der Waals surface area contributed by atoms with E-state index in [0.717, 1.165) is 16.8 Å². The third-order valence-electron chi connectivity index (χ3n) is 3.14. The highest BCUT2D eigenvalue weighted by atomic mass is 16.3. The fourth-order valence-electron chi connectivity index (χ4n) is 2.12. The molecule has 1 atom stereocenters. The Morgan fingerprint density at radius 2 is 1.71 bits per heavy atom. The Bertz CT molecular complexity index is 618. The van der Waals surface area contributed by atoms with Crippen LogP contribution in [0.25, 0.3) is 0 Å². The van der Waals surface area contributed by atoms with Gasteiger partial charge in [0.15, 0.2) is 0 Å². The summed E-state index contributed by atoms with van der Waals surface area (Å²) in [5.74, 6) is -0.315. The standard InChI is InChI=1S/C16H18N2O3/c1-10(12-7-14(19)9-15(20)8-12)18-13-4-2-11(3-5-13)6-16(17)21/h2-5,7-10,18-20H,6H2,1H3,(H2,17,21). The van der Waals surface area contributed by atoms with Crippen molar-refractivity contribution >= 4 is 11.6 Å². The van der Waals surface area contributed by atoms with Gasteiger partial charge in [-0.05, 0) is 42.3 Å². The van der Waals surface area contributed by atoms with Crippen molar-refractivity contribution in [3.05, 3.63) is 53.6 Å². The fourth-order valence-corrected chi connectivity index (χ4v) is 2.12. The highest BCUT2D eigenvalue weighted by Crippen LogP contribution is 2.27. The number of carbonyl (C=O) groups is 1. The number of aromatic hydroxyl groups is 2. The van der Waals surface area contributed by atoms with Crippen LogP contribution >= 0.6 is 0 Å². The molecule has 0 saturated carbocycles. The summed E-state index contributed by atoms with van der Waals surface area (Å²) in [5, 5.41) is 22.2. The third kappa shape index (κ3) is 4.14. The highest BCUT2D eigenvalue weighted by Gasteiger charge is 2.08. The van der Waals surface area contributed by atoms with E-state index in [-0.39, 0.29) is 29.9 Å². The molecule has 0 fully saturated rings. The molecule has 110 valence electrons. The Morgan fingerprint density at radius 1 is 1.14 bits per heavy atom. The Labute approximate surface area is 123 Å². The lowest BCUT2D eigenvalue weighted by Gasteiger charge is -2.16. The number of hydrogen-bond acceptors (Lipinski definition) is 4. The molecule has 2 aromatic carbocycles. The molecule has 1 amide bonds. The first kappa shape index (κ1) is 14.7. The van der Waals surface area contributed by atoms with Gasteiger partial charge in [0.05, 0.1) is 6.42 Å². The molecular formula is C16H18N2O3. The van der Waals surface area contributed by atoms with Gasteiger partial charge >= 0.3 is 0 Å². The average Bonchev–Trinajstić information content (AvgIpc) is 2.39. The second-order valence-corrected chi connectivity index (χ2v) is 4.99. The lowest BCUT2D eigenvalue weighted by Crippen LogP contribution is -2.13. The number of nitrogens with one attached hydrogen (secondary N) is 1. The lowest BCUT2D eigenvalue weighted by atomic mass is 10.1. The van der Waals surface area contributed by atoms with Crippen molar-refractivity contribution in [1.29, 1.82) is 0 Å². The largest absolute Gasteiger partial charge is 0.508 e. The first-order chi connectivity index (χ1) is 9.94. The molecule has 2 rings (SSSR count). The number of nitrogens with two attached hydrogens (primary N) is 1. The number of primary amides is 1. The summed E-state index contributed by atoms with van der Waals surface area (Å²) in [6.45, 7) is 1.92. The quantitative estimate of drug-likeness (QED) is 0.678. The SMILES string of the molecule is CC(Nc1ccc(CC(N)=O)cc1)c1cc(O)cc(O)c1. The second kappa shape index (κ2) is 6.17. The number of rotatable bonds is 5. The van der Waals surface area contributed by atoms with Gasteiger partial charge in [0, 0.05) is 17.8 Å². The molecule has 0 saturated heterocycles. The maximum atomic E-state index is 10.8. The van der Waals surface area contributed by atoms with Crippen LogP contribution in [-0.4, -0.2) is 16.1 Å². The van der Waals surface area contributed by atoms with Gasteiger partial charge in [0.1, 0.15) is 11.5 Å². The number of phenols is 2. The molecule has 1 unspecified atom stereocenters. The van der Waals surface area contributed by atoms with Crippen molar-refractivity contribution in [2.75, 3.05) is 5.32 Å². The van der Waals surface area contributed by atoms with Crippen LogP contribution in [0, 0.1) is 0 Å². The summed E-state index contributed by atoms with van der Waals surface area (Å²) in [4.78, 5) is 10.8. The molecule has 0 aliphatic rings. The molecule has 21 heavy (non-hydrogen) atoms. The van der Waals surface area contributed by atoms with E-state index in [9.17, 15) is 15.0 Å². The fraction of sp³-hybridized carbons (Fsp3) is 0.188. The minimum absolute atomic E-state index is 0.0236. The van der Waals surface area contributed by atoms with Gasteiger partial charge in [-0.3, -0.25) is 4.79 Å². The molecule has 2 aromatic rings. The summed E-state index contributed by atoms with van der Waals surface area (Å²) in [5.41, 5.74) is 7.65. The van der Waals surface area contributed by atoms with E-state index in [4.69, 9.17) is 5.73 Å². The summed E-state index contributed by atoms with van der Waals surface area (Å²) >= 11 is 0. The predicted octanol–water partition coefficient (Wildman–Crippen LogP) is 2.30. The van der Waals surface area contributed by atoms with E-state index < -0.39 is 0 Å². The maximum absolute atomic E-state index is 10.8. The van der Waals surface area contributed by atoms with Crippen LogP contribution in [0.1, 0.15) is 24.1 Å². The van der Waals surface area contributed by atoms with Gasteiger partial charge in [-0.25, -0.2) is 0 Å². The smallest absolute Gasteiger partial charge is 0.221 e. The van der Waals surface area contributed by atoms with Crippen LogP contribution in [-0.2, 0) is 11.2 Å². The second-order valence-electron chi connectivity index (χ2n) is 4.99.